The van der Waals surface area contributed by atoms with Crippen LogP contribution >= 0.6 is 0 Å². The summed E-state index contributed by atoms with van der Waals surface area (Å²) in [7, 11) is 0. The van der Waals surface area contributed by atoms with Crippen molar-refractivity contribution in [3.8, 4) is 0 Å². The van der Waals surface area contributed by atoms with Crippen molar-refractivity contribution in [1.82, 2.24) is 0 Å². The van der Waals surface area contributed by atoms with E-state index in [0.29, 0.717) is 19.4 Å². The molecule has 0 amide bonds. The number of hydrogen-bond donors (Lipinski definition) is 1. The fourth-order valence-corrected chi connectivity index (χ4v) is 2.04. The Kier molecular flexibility index (Phi) is 3.43. The van der Waals surface area contributed by atoms with E-state index in [2.05, 4.69) is 0 Å². The Hall–Kier alpha value is -1.42. The molecule has 1 fully saturated rings. The summed E-state index contributed by atoms with van der Waals surface area (Å²) in [6.07, 6.45) is 0.772. The summed E-state index contributed by atoms with van der Waals surface area (Å²) in [5, 5.41) is 8.63. The topological polar surface area (TPSA) is 46.5 Å². The molecule has 0 bridgehead atoms. The van der Waals surface area contributed by atoms with Crippen molar-refractivity contribution in [3.63, 3.8) is 0 Å². The van der Waals surface area contributed by atoms with E-state index >= 15 is 0 Å². The maximum Gasteiger partial charge on any atom is 0.307 e. The fourth-order valence-electron chi connectivity index (χ4n) is 2.04. The molecule has 1 aromatic rings. The van der Waals surface area contributed by atoms with E-state index in [1.54, 1.807) is 24.3 Å². The predicted molar refractivity (Wildman–Crippen MR) is 60.8 cm³/mol. The predicted octanol–water partition coefficient (Wildman–Crippen LogP) is 1.98. The van der Waals surface area contributed by atoms with Crippen LogP contribution in [0.25, 0.3) is 0 Å². The first-order chi connectivity index (χ1) is 8.07. The standard InChI is InChI=1S/C13H15FO3/c14-13(5-6-17-9-13)8-11-3-1-10(2-4-11)7-12(15)16/h1-4H,5-9H2,(H,15,16). The van der Waals surface area contributed by atoms with Gasteiger partial charge in [0.25, 0.3) is 0 Å². The molecule has 0 aliphatic carbocycles. The van der Waals surface area contributed by atoms with Gasteiger partial charge in [-0.05, 0) is 11.1 Å². The first-order valence-corrected chi connectivity index (χ1v) is 5.64. The van der Waals surface area contributed by atoms with Crippen molar-refractivity contribution in [3.05, 3.63) is 35.4 Å². The summed E-state index contributed by atoms with van der Waals surface area (Å²) in [5.74, 6) is -0.857. The maximum absolute atomic E-state index is 14.1. The molecule has 1 aromatic carbocycles. The number of aliphatic carboxylic acids is 1. The molecular weight excluding hydrogens is 223 g/mol. The number of halogens is 1. The maximum atomic E-state index is 14.1. The number of carboxylic acid groups (broad SMARTS) is 1. The second-order valence-electron chi connectivity index (χ2n) is 4.52. The Morgan fingerprint density at radius 3 is 2.53 bits per heavy atom. The third-order valence-corrected chi connectivity index (χ3v) is 2.95. The first-order valence-electron chi connectivity index (χ1n) is 5.64. The van der Waals surface area contributed by atoms with Gasteiger partial charge in [-0.25, -0.2) is 4.39 Å². The van der Waals surface area contributed by atoms with Crippen LogP contribution in [0.1, 0.15) is 17.5 Å². The van der Waals surface area contributed by atoms with Crippen LogP contribution in [0.4, 0.5) is 4.39 Å². The molecule has 1 heterocycles. The van der Waals surface area contributed by atoms with Crippen LogP contribution in [0, 0.1) is 0 Å². The van der Waals surface area contributed by atoms with Gasteiger partial charge in [0.2, 0.25) is 0 Å². The molecule has 4 heteroatoms. The summed E-state index contributed by atoms with van der Waals surface area (Å²) in [6, 6.07) is 7.06. The van der Waals surface area contributed by atoms with Crippen molar-refractivity contribution in [1.29, 1.82) is 0 Å². The smallest absolute Gasteiger partial charge is 0.307 e. The molecule has 1 atom stereocenters. The molecule has 1 saturated heterocycles. The number of hydrogen-bond acceptors (Lipinski definition) is 2. The first kappa shape index (κ1) is 12.0. The van der Waals surface area contributed by atoms with Crippen molar-refractivity contribution in [2.24, 2.45) is 0 Å². The average Bonchev–Trinajstić information content (AvgIpc) is 2.67. The van der Waals surface area contributed by atoms with E-state index in [-0.39, 0.29) is 13.0 Å². The molecule has 1 unspecified atom stereocenters. The van der Waals surface area contributed by atoms with Crippen molar-refractivity contribution in [2.75, 3.05) is 13.2 Å². The summed E-state index contributed by atoms with van der Waals surface area (Å²) < 4.78 is 19.1. The SMILES string of the molecule is O=C(O)Cc1ccc(CC2(F)CCOC2)cc1. The van der Waals surface area contributed by atoms with E-state index in [1.165, 1.54) is 0 Å². The molecule has 0 saturated carbocycles. The Balaban J connectivity index is 2.00. The number of rotatable bonds is 4. The molecular formula is C13H15FO3. The molecule has 17 heavy (non-hydrogen) atoms. The highest BCUT2D eigenvalue weighted by molar-refractivity contribution is 5.70. The van der Waals surface area contributed by atoms with Crippen LogP contribution in [0.5, 0.6) is 0 Å². The lowest BCUT2D eigenvalue weighted by atomic mass is 9.95. The molecule has 0 aromatic heterocycles. The van der Waals surface area contributed by atoms with Crippen LogP contribution < -0.4 is 0 Å². The zero-order valence-electron chi connectivity index (χ0n) is 9.49. The van der Waals surface area contributed by atoms with Crippen LogP contribution in [0.2, 0.25) is 0 Å². The molecule has 1 aliphatic heterocycles. The van der Waals surface area contributed by atoms with E-state index < -0.39 is 11.6 Å². The number of carboxylic acids is 1. The van der Waals surface area contributed by atoms with Crippen LogP contribution in [0.15, 0.2) is 24.3 Å². The Morgan fingerprint density at radius 2 is 2.00 bits per heavy atom. The van der Waals surface area contributed by atoms with Gasteiger partial charge in [-0.1, -0.05) is 24.3 Å². The number of benzene rings is 1. The van der Waals surface area contributed by atoms with Gasteiger partial charge in [0.15, 0.2) is 0 Å². The minimum atomic E-state index is -1.26. The van der Waals surface area contributed by atoms with E-state index in [0.717, 1.165) is 11.1 Å². The van der Waals surface area contributed by atoms with Gasteiger partial charge in [-0.3, -0.25) is 4.79 Å². The molecule has 0 radical (unpaired) electrons. The highest BCUT2D eigenvalue weighted by Crippen LogP contribution is 2.27. The molecule has 3 nitrogen and oxygen atoms in total. The lowest BCUT2D eigenvalue weighted by Gasteiger charge is -2.17. The Labute approximate surface area is 99.2 Å². The van der Waals surface area contributed by atoms with Crippen molar-refractivity contribution >= 4 is 5.97 Å². The highest BCUT2D eigenvalue weighted by atomic mass is 19.1. The lowest BCUT2D eigenvalue weighted by Crippen LogP contribution is -2.25. The zero-order chi connectivity index (χ0) is 12.3. The monoisotopic (exact) mass is 238 g/mol. The highest BCUT2D eigenvalue weighted by Gasteiger charge is 2.34. The van der Waals surface area contributed by atoms with Crippen molar-refractivity contribution in [2.45, 2.75) is 24.9 Å². The fraction of sp³-hybridized carbons (Fsp3) is 0.462. The normalized spacial score (nSPS) is 23.8. The molecule has 92 valence electrons. The van der Waals surface area contributed by atoms with E-state index in [4.69, 9.17) is 9.84 Å². The lowest BCUT2D eigenvalue weighted by molar-refractivity contribution is -0.136. The quantitative estimate of drug-likeness (QED) is 0.872. The van der Waals surface area contributed by atoms with Gasteiger partial charge in [-0.2, -0.15) is 0 Å². The summed E-state index contributed by atoms with van der Waals surface area (Å²) in [4.78, 5) is 10.5. The Bertz CT molecular complexity index is 394. The Morgan fingerprint density at radius 1 is 1.35 bits per heavy atom. The molecule has 1 aliphatic rings. The van der Waals surface area contributed by atoms with E-state index in [1.807, 2.05) is 0 Å². The zero-order valence-corrected chi connectivity index (χ0v) is 9.49. The number of ether oxygens (including phenoxy) is 1. The minimum Gasteiger partial charge on any atom is -0.481 e. The van der Waals surface area contributed by atoms with Crippen LogP contribution in [0.3, 0.4) is 0 Å². The molecule has 1 N–H and O–H groups in total. The third kappa shape index (κ3) is 3.27. The van der Waals surface area contributed by atoms with Crippen LogP contribution in [-0.2, 0) is 22.4 Å². The summed E-state index contributed by atoms with van der Waals surface area (Å²) in [5.41, 5.74) is 0.359. The summed E-state index contributed by atoms with van der Waals surface area (Å²) in [6.45, 7) is 0.636. The van der Waals surface area contributed by atoms with E-state index in [9.17, 15) is 9.18 Å². The molecule has 0 spiro atoms. The second-order valence-corrected chi connectivity index (χ2v) is 4.52. The van der Waals surface area contributed by atoms with Crippen molar-refractivity contribution < 1.29 is 19.0 Å². The minimum absolute atomic E-state index is 0.00413. The number of alkyl halides is 1. The second kappa shape index (κ2) is 4.84. The van der Waals surface area contributed by atoms with Crippen LogP contribution in [-0.4, -0.2) is 30.0 Å². The van der Waals surface area contributed by atoms with Gasteiger partial charge in [0.05, 0.1) is 13.0 Å². The third-order valence-electron chi connectivity index (χ3n) is 2.95. The van der Waals surface area contributed by atoms with Gasteiger partial charge in [0, 0.05) is 19.4 Å². The van der Waals surface area contributed by atoms with Gasteiger partial charge < -0.3 is 9.84 Å². The number of carbonyl (C=O) groups is 1. The molecule has 2 rings (SSSR count). The van der Waals surface area contributed by atoms with Gasteiger partial charge >= 0.3 is 5.97 Å². The average molecular weight is 238 g/mol. The summed E-state index contributed by atoms with van der Waals surface area (Å²) >= 11 is 0. The van der Waals surface area contributed by atoms with Gasteiger partial charge in [-0.15, -0.1) is 0 Å². The largest absolute Gasteiger partial charge is 0.481 e. The van der Waals surface area contributed by atoms with Gasteiger partial charge in [0.1, 0.15) is 5.67 Å².